The van der Waals surface area contributed by atoms with E-state index in [2.05, 4.69) is 26.0 Å². The zero-order valence-electron chi connectivity index (χ0n) is 28.7. The number of phosphoric acid groups is 1. The molecule has 0 amide bonds. The predicted molar refractivity (Wildman–Crippen MR) is 183 cm³/mol. The minimum absolute atomic E-state index is 0.0941. The molecular weight excluding hydrogens is 577 g/mol. The van der Waals surface area contributed by atoms with Gasteiger partial charge in [0.05, 0.1) is 19.8 Å². The number of nitrogens with two attached hydrogens (primary N) is 1. The zero-order valence-corrected chi connectivity index (χ0v) is 29.6. The summed E-state index contributed by atoms with van der Waals surface area (Å²) < 4.78 is 33.2. The third kappa shape index (κ3) is 32.6. The zero-order chi connectivity index (χ0) is 32.4. The number of carbonyl (C=O) groups is 1. The summed E-state index contributed by atoms with van der Waals surface area (Å²) in [5, 5.41) is 0. The molecule has 0 spiro atoms. The van der Waals surface area contributed by atoms with Crippen LogP contribution in [0.2, 0.25) is 0 Å². The standard InChI is InChI=1S/C35H70NO7P/c1-3-5-7-9-11-13-14-15-16-17-18-19-20-21-23-25-27-30-40-32-34(33-42-44(38,39)41-31-29-36)43-35(37)28-26-24-22-12-10-8-6-4-2/h16-17,34H,3-15,18-33,36H2,1-2H3,(H,38,39)/b17-16-. The van der Waals surface area contributed by atoms with E-state index in [-0.39, 0.29) is 32.3 Å². The van der Waals surface area contributed by atoms with Gasteiger partial charge in [0.25, 0.3) is 0 Å². The van der Waals surface area contributed by atoms with Gasteiger partial charge in [-0.25, -0.2) is 4.57 Å². The van der Waals surface area contributed by atoms with Crippen molar-refractivity contribution in [1.82, 2.24) is 0 Å². The van der Waals surface area contributed by atoms with Crippen LogP contribution in [0.3, 0.4) is 0 Å². The molecule has 8 nitrogen and oxygen atoms in total. The minimum Gasteiger partial charge on any atom is -0.457 e. The van der Waals surface area contributed by atoms with E-state index in [1.54, 1.807) is 0 Å². The van der Waals surface area contributed by atoms with Crippen LogP contribution < -0.4 is 5.73 Å². The molecule has 0 aliphatic carbocycles. The maximum atomic E-state index is 12.4. The van der Waals surface area contributed by atoms with Gasteiger partial charge in [-0.05, 0) is 38.5 Å². The van der Waals surface area contributed by atoms with Crippen LogP contribution in [0, 0.1) is 0 Å². The van der Waals surface area contributed by atoms with Gasteiger partial charge in [0.15, 0.2) is 0 Å². The molecule has 3 N–H and O–H groups in total. The highest BCUT2D eigenvalue weighted by atomic mass is 31.2. The number of unbranched alkanes of at least 4 members (excludes halogenated alkanes) is 20. The summed E-state index contributed by atoms with van der Waals surface area (Å²) in [5.41, 5.74) is 5.33. The Morgan fingerprint density at radius 3 is 1.66 bits per heavy atom. The molecule has 0 radical (unpaired) electrons. The van der Waals surface area contributed by atoms with Crippen LogP contribution in [0.15, 0.2) is 12.2 Å². The number of carbonyl (C=O) groups excluding carboxylic acids is 1. The quantitative estimate of drug-likeness (QED) is 0.0302. The van der Waals surface area contributed by atoms with E-state index >= 15 is 0 Å². The lowest BCUT2D eigenvalue weighted by Crippen LogP contribution is -2.28. The molecule has 0 aliphatic heterocycles. The van der Waals surface area contributed by atoms with Crippen LogP contribution in [0.5, 0.6) is 0 Å². The molecule has 0 aromatic rings. The van der Waals surface area contributed by atoms with Crippen LogP contribution >= 0.6 is 7.82 Å². The molecule has 44 heavy (non-hydrogen) atoms. The van der Waals surface area contributed by atoms with Gasteiger partial charge in [0.1, 0.15) is 6.10 Å². The van der Waals surface area contributed by atoms with Crippen LogP contribution in [-0.4, -0.2) is 49.9 Å². The lowest BCUT2D eigenvalue weighted by Gasteiger charge is -2.20. The highest BCUT2D eigenvalue weighted by Gasteiger charge is 2.25. The number of rotatable bonds is 35. The van der Waals surface area contributed by atoms with Crippen LogP contribution in [-0.2, 0) is 27.9 Å². The molecule has 0 saturated heterocycles. The SMILES string of the molecule is CCCCCCCCC/C=C\CCCCCCCCOCC(COP(=O)(O)OCCN)OC(=O)CCCCCCCCCC. The fourth-order valence-corrected chi connectivity index (χ4v) is 5.76. The molecule has 0 aromatic heterocycles. The average Bonchev–Trinajstić information content (AvgIpc) is 3.01. The van der Waals surface area contributed by atoms with Crippen LogP contribution in [0.25, 0.3) is 0 Å². The van der Waals surface area contributed by atoms with Gasteiger partial charge >= 0.3 is 13.8 Å². The highest BCUT2D eigenvalue weighted by molar-refractivity contribution is 7.47. The Bertz CT molecular complexity index is 692. The molecule has 0 rings (SSSR count). The van der Waals surface area contributed by atoms with E-state index in [0.717, 1.165) is 32.1 Å². The Morgan fingerprint density at radius 1 is 0.659 bits per heavy atom. The molecule has 0 saturated carbocycles. The van der Waals surface area contributed by atoms with E-state index in [0.29, 0.717) is 13.0 Å². The Hall–Kier alpha value is -0.760. The summed E-state index contributed by atoms with van der Waals surface area (Å²) in [4.78, 5) is 22.2. The van der Waals surface area contributed by atoms with Crippen molar-refractivity contribution in [3.05, 3.63) is 12.2 Å². The van der Waals surface area contributed by atoms with Gasteiger partial charge in [-0.2, -0.15) is 0 Å². The number of hydrogen-bond donors (Lipinski definition) is 2. The summed E-state index contributed by atoms with van der Waals surface area (Å²) >= 11 is 0. The topological polar surface area (TPSA) is 117 Å². The van der Waals surface area contributed by atoms with Gasteiger partial charge < -0.3 is 20.1 Å². The highest BCUT2D eigenvalue weighted by Crippen LogP contribution is 2.43. The molecule has 0 heterocycles. The number of hydrogen-bond acceptors (Lipinski definition) is 7. The summed E-state index contributed by atoms with van der Waals surface area (Å²) in [7, 11) is -4.26. The van der Waals surface area contributed by atoms with Crippen molar-refractivity contribution in [2.45, 2.75) is 174 Å². The third-order valence-electron chi connectivity index (χ3n) is 7.68. The van der Waals surface area contributed by atoms with Crippen molar-refractivity contribution in [3.8, 4) is 0 Å². The fraction of sp³-hybridized carbons (Fsp3) is 0.914. The van der Waals surface area contributed by atoms with Crippen molar-refractivity contribution in [1.29, 1.82) is 0 Å². The summed E-state index contributed by atoms with van der Waals surface area (Å²) in [6.07, 6.45) is 32.3. The van der Waals surface area contributed by atoms with Crippen molar-refractivity contribution in [2.75, 3.05) is 33.0 Å². The molecule has 0 fully saturated rings. The normalized spacial score (nSPS) is 13.8. The largest absolute Gasteiger partial charge is 0.472 e. The van der Waals surface area contributed by atoms with Crippen molar-refractivity contribution >= 4 is 13.8 Å². The van der Waals surface area contributed by atoms with Crippen LogP contribution in [0.4, 0.5) is 0 Å². The monoisotopic (exact) mass is 647 g/mol. The van der Waals surface area contributed by atoms with Gasteiger partial charge in [-0.15, -0.1) is 0 Å². The molecule has 0 aromatic carbocycles. The van der Waals surface area contributed by atoms with Crippen molar-refractivity contribution < 1.29 is 32.8 Å². The second-order valence-corrected chi connectivity index (χ2v) is 13.5. The summed E-state index contributed by atoms with van der Waals surface area (Å²) in [6, 6.07) is 0. The second kappa shape index (κ2) is 33.6. The second-order valence-electron chi connectivity index (χ2n) is 12.1. The molecule has 262 valence electrons. The van der Waals surface area contributed by atoms with Crippen molar-refractivity contribution in [2.24, 2.45) is 5.73 Å². The van der Waals surface area contributed by atoms with E-state index in [4.69, 9.17) is 24.3 Å². The Labute approximate surface area is 271 Å². The number of ether oxygens (including phenoxy) is 2. The predicted octanol–water partition coefficient (Wildman–Crippen LogP) is 9.97. The Kier molecular flexibility index (Phi) is 33.0. The molecule has 2 atom stereocenters. The first kappa shape index (κ1) is 43.2. The molecular formula is C35H70NO7P. The number of allylic oxidation sites excluding steroid dienone is 2. The minimum atomic E-state index is -4.26. The number of phosphoric ester groups is 1. The number of esters is 1. The van der Waals surface area contributed by atoms with E-state index in [1.165, 1.54) is 116 Å². The molecule has 0 aliphatic rings. The van der Waals surface area contributed by atoms with E-state index < -0.39 is 13.9 Å². The van der Waals surface area contributed by atoms with E-state index in [9.17, 15) is 14.3 Å². The van der Waals surface area contributed by atoms with Gasteiger partial charge in [0, 0.05) is 19.6 Å². The first-order valence-electron chi connectivity index (χ1n) is 18.2. The maximum absolute atomic E-state index is 12.4. The lowest BCUT2D eigenvalue weighted by molar-refractivity contribution is -0.154. The summed E-state index contributed by atoms with van der Waals surface area (Å²) in [6.45, 7) is 4.88. The molecule has 9 heteroatoms. The lowest BCUT2D eigenvalue weighted by atomic mass is 10.1. The van der Waals surface area contributed by atoms with Crippen molar-refractivity contribution in [3.63, 3.8) is 0 Å². The smallest absolute Gasteiger partial charge is 0.457 e. The fourth-order valence-electron chi connectivity index (χ4n) is 4.99. The average molecular weight is 648 g/mol. The first-order valence-corrected chi connectivity index (χ1v) is 19.7. The molecule has 0 bridgehead atoms. The molecule has 2 unspecified atom stereocenters. The van der Waals surface area contributed by atoms with Gasteiger partial charge in [-0.1, -0.05) is 135 Å². The van der Waals surface area contributed by atoms with Crippen LogP contribution in [0.1, 0.15) is 168 Å². The Balaban J connectivity index is 4.02. The third-order valence-corrected chi connectivity index (χ3v) is 8.67. The maximum Gasteiger partial charge on any atom is 0.472 e. The Morgan fingerprint density at radius 2 is 1.14 bits per heavy atom. The van der Waals surface area contributed by atoms with Gasteiger partial charge in [-0.3, -0.25) is 13.8 Å². The summed E-state index contributed by atoms with van der Waals surface area (Å²) in [5.74, 6) is -0.337. The first-order chi connectivity index (χ1) is 21.4. The van der Waals surface area contributed by atoms with Gasteiger partial charge in [0.2, 0.25) is 0 Å². The van der Waals surface area contributed by atoms with E-state index in [1.807, 2.05) is 0 Å².